The highest BCUT2D eigenvalue weighted by atomic mass is 79.9. The van der Waals surface area contributed by atoms with E-state index in [0.29, 0.717) is 24.5 Å². The molecule has 0 radical (unpaired) electrons. The van der Waals surface area contributed by atoms with Crippen LogP contribution in [0.2, 0.25) is 0 Å². The third kappa shape index (κ3) is 5.26. The van der Waals surface area contributed by atoms with Crippen LogP contribution in [0.15, 0.2) is 98.9 Å². The average Bonchev–Trinajstić information content (AvgIpc) is 3.32. The Morgan fingerprint density at radius 1 is 0.972 bits per heavy atom. The molecule has 36 heavy (non-hydrogen) atoms. The molecule has 0 fully saturated rings. The van der Waals surface area contributed by atoms with E-state index in [-0.39, 0.29) is 5.76 Å². The molecule has 0 aliphatic carbocycles. The van der Waals surface area contributed by atoms with Crippen molar-refractivity contribution in [3.63, 3.8) is 0 Å². The molecular formula is C29H23BrN2O4. The highest BCUT2D eigenvalue weighted by molar-refractivity contribution is 9.10. The predicted molar refractivity (Wildman–Crippen MR) is 145 cm³/mol. The number of hydrogen-bond donors (Lipinski definition) is 1. The second-order valence-electron chi connectivity index (χ2n) is 8.05. The number of rotatable bonds is 8. The molecule has 1 aromatic heterocycles. The number of fused-ring (bicyclic) bond motifs is 2. The summed E-state index contributed by atoms with van der Waals surface area (Å²) in [5.74, 6) is 1.09. The van der Waals surface area contributed by atoms with Crippen molar-refractivity contribution in [2.24, 2.45) is 5.10 Å². The Hall–Kier alpha value is -4.10. The van der Waals surface area contributed by atoms with Crippen molar-refractivity contribution in [2.75, 3.05) is 6.61 Å². The van der Waals surface area contributed by atoms with E-state index in [1.54, 1.807) is 18.3 Å². The molecule has 1 N–H and O–H groups in total. The number of benzene rings is 4. The Kier molecular flexibility index (Phi) is 7.00. The van der Waals surface area contributed by atoms with Gasteiger partial charge in [0.1, 0.15) is 23.7 Å². The molecule has 0 spiro atoms. The zero-order valence-corrected chi connectivity index (χ0v) is 21.1. The molecule has 5 aromatic rings. The summed E-state index contributed by atoms with van der Waals surface area (Å²) in [6.07, 6.45) is 1.55. The fraction of sp³-hybridized carbons (Fsp3) is 0.103. The monoisotopic (exact) mass is 542 g/mol. The van der Waals surface area contributed by atoms with Crippen molar-refractivity contribution in [1.82, 2.24) is 5.43 Å². The van der Waals surface area contributed by atoms with Crippen molar-refractivity contribution in [3.8, 4) is 11.5 Å². The number of furan rings is 1. The zero-order chi connectivity index (χ0) is 24.9. The summed E-state index contributed by atoms with van der Waals surface area (Å²) in [5.41, 5.74) is 4.93. The normalized spacial score (nSPS) is 11.3. The standard InChI is InChI=1S/C29H23BrN2O4/c1-2-34-24-11-13-27-21(15-24)16-28(36-27)29(33)32-31-17-22-14-23(30)10-12-26(22)35-18-20-8-5-7-19-6-3-4-9-25(19)20/h3-17H,2,18H2,1H3,(H,32,33)/b31-17+. The number of halogens is 1. The Balaban J connectivity index is 1.29. The van der Waals surface area contributed by atoms with E-state index in [2.05, 4.69) is 50.7 Å². The predicted octanol–water partition coefficient (Wildman–Crippen LogP) is 7.09. The van der Waals surface area contributed by atoms with Gasteiger partial charge in [-0.25, -0.2) is 5.43 Å². The maximum atomic E-state index is 12.6. The van der Waals surface area contributed by atoms with E-state index in [1.807, 2.05) is 55.5 Å². The summed E-state index contributed by atoms with van der Waals surface area (Å²) in [7, 11) is 0. The summed E-state index contributed by atoms with van der Waals surface area (Å²) in [4.78, 5) is 12.6. The molecule has 0 saturated carbocycles. The van der Waals surface area contributed by atoms with Gasteiger partial charge in [-0.2, -0.15) is 5.10 Å². The number of hydrazone groups is 1. The number of hydrogen-bond acceptors (Lipinski definition) is 5. The SMILES string of the molecule is CCOc1ccc2oc(C(=O)N/N=C/c3cc(Br)ccc3OCc3cccc4ccccc34)cc2c1. The maximum Gasteiger partial charge on any atom is 0.307 e. The summed E-state index contributed by atoms with van der Waals surface area (Å²) in [5, 5.41) is 7.23. The van der Waals surface area contributed by atoms with Crippen LogP contribution in [0.3, 0.4) is 0 Å². The third-order valence-electron chi connectivity index (χ3n) is 5.63. The molecule has 1 amide bonds. The van der Waals surface area contributed by atoms with Crippen LogP contribution in [0, 0.1) is 0 Å². The van der Waals surface area contributed by atoms with Crippen molar-refractivity contribution in [3.05, 3.63) is 106 Å². The Labute approximate surface area is 216 Å². The Bertz CT molecular complexity index is 1570. The fourth-order valence-corrected chi connectivity index (χ4v) is 4.31. The van der Waals surface area contributed by atoms with Gasteiger partial charge in [0.15, 0.2) is 5.76 Å². The molecule has 0 aliphatic heterocycles. The van der Waals surface area contributed by atoms with Gasteiger partial charge >= 0.3 is 5.91 Å². The first-order chi connectivity index (χ1) is 17.6. The molecule has 6 nitrogen and oxygen atoms in total. The summed E-state index contributed by atoms with van der Waals surface area (Å²) in [6, 6.07) is 27.1. The summed E-state index contributed by atoms with van der Waals surface area (Å²) >= 11 is 3.49. The number of nitrogens with one attached hydrogen (secondary N) is 1. The van der Waals surface area contributed by atoms with Gasteiger partial charge in [-0.1, -0.05) is 58.4 Å². The van der Waals surface area contributed by atoms with E-state index in [1.165, 1.54) is 5.39 Å². The molecule has 5 rings (SSSR count). The first kappa shape index (κ1) is 23.6. The molecule has 180 valence electrons. The second-order valence-corrected chi connectivity index (χ2v) is 8.97. The molecule has 7 heteroatoms. The van der Waals surface area contributed by atoms with Gasteiger partial charge in [-0.05, 0) is 65.7 Å². The number of carbonyl (C=O) groups is 1. The van der Waals surface area contributed by atoms with E-state index in [0.717, 1.165) is 32.1 Å². The van der Waals surface area contributed by atoms with Crippen molar-refractivity contribution < 1.29 is 18.7 Å². The lowest BCUT2D eigenvalue weighted by molar-refractivity contribution is 0.0929. The van der Waals surface area contributed by atoms with Crippen LogP contribution >= 0.6 is 15.9 Å². The molecule has 0 unspecified atom stereocenters. The van der Waals surface area contributed by atoms with Crippen LogP contribution in [-0.4, -0.2) is 18.7 Å². The Morgan fingerprint density at radius 2 is 1.83 bits per heavy atom. The third-order valence-corrected chi connectivity index (χ3v) is 6.12. The highest BCUT2D eigenvalue weighted by Gasteiger charge is 2.13. The van der Waals surface area contributed by atoms with Gasteiger partial charge in [0, 0.05) is 15.4 Å². The molecule has 0 saturated heterocycles. The number of nitrogens with zero attached hydrogens (tertiary/aromatic N) is 1. The zero-order valence-electron chi connectivity index (χ0n) is 19.5. The van der Waals surface area contributed by atoms with E-state index in [4.69, 9.17) is 13.9 Å². The van der Waals surface area contributed by atoms with Gasteiger partial charge in [0.2, 0.25) is 0 Å². The lowest BCUT2D eigenvalue weighted by Crippen LogP contribution is -2.16. The molecular weight excluding hydrogens is 520 g/mol. The van der Waals surface area contributed by atoms with E-state index >= 15 is 0 Å². The van der Waals surface area contributed by atoms with Crippen LogP contribution < -0.4 is 14.9 Å². The molecule has 4 aromatic carbocycles. The van der Waals surface area contributed by atoms with Crippen molar-refractivity contribution in [2.45, 2.75) is 13.5 Å². The van der Waals surface area contributed by atoms with Gasteiger partial charge in [0.05, 0.1) is 12.8 Å². The minimum Gasteiger partial charge on any atom is -0.494 e. The van der Waals surface area contributed by atoms with Crippen LogP contribution in [0.4, 0.5) is 0 Å². The summed E-state index contributed by atoms with van der Waals surface area (Å²) < 4.78 is 18.2. The first-order valence-corrected chi connectivity index (χ1v) is 12.3. The van der Waals surface area contributed by atoms with Crippen LogP contribution in [-0.2, 0) is 6.61 Å². The number of carbonyl (C=O) groups excluding carboxylic acids is 1. The molecule has 0 atom stereocenters. The smallest absolute Gasteiger partial charge is 0.307 e. The van der Waals surface area contributed by atoms with Crippen LogP contribution in [0.5, 0.6) is 11.5 Å². The van der Waals surface area contributed by atoms with E-state index in [9.17, 15) is 4.79 Å². The first-order valence-electron chi connectivity index (χ1n) is 11.5. The summed E-state index contributed by atoms with van der Waals surface area (Å²) in [6.45, 7) is 2.88. The average molecular weight is 543 g/mol. The molecule has 0 aliphatic rings. The molecule has 0 bridgehead atoms. The topological polar surface area (TPSA) is 73.1 Å². The van der Waals surface area contributed by atoms with Crippen LogP contribution in [0.25, 0.3) is 21.7 Å². The van der Waals surface area contributed by atoms with Gasteiger partial charge in [-0.15, -0.1) is 0 Å². The number of amides is 1. The van der Waals surface area contributed by atoms with Gasteiger partial charge in [0.25, 0.3) is 0 Å². The Morgan fingerprint density at radius 3 is 2.72 bits per heavy atom. The maximum absolute atomic E-state index is 12.6. The van der Waals surface area contributed by atoms with Gasteiger partial charge < -0.3 is 13.9 Å². The largest absolute Gasteiger partial charge is 0.494 e. The minimum atomic E-state index is -0.450. The van der Waals surface area contributed by atoms with E-state index < -0.39 is 5.91 Å². The lowest BCUT2D eigenvalue weighted by atomic mass is 10.1. The number of ether oxygens (including phenoxy) is 2. The fourth-order valence-electron chi connectivity index (χ4n) is 3.93. The quantitative estimate of drug-likeness (QED) is 0.168. The van der Waals surface area contributed by atoms with Crippen LogP contribution in [0.1, 0.15) is 28.6 Å². The minimum absolute atomic E-state index is 0.164. The lowest BCUT2D eigenvalue weighted by Gasteiger charge is -2.11. The van der Waals surface area contributed by atoms with Crippen molar-refractivity contribution in [1.29, 1.82) is 0 Å². The molecule has 1 heterocycles. The van der Waals surface area contributed by atoms with Gasteiger partial charge in [-0.3, -0.25) is 4.79 Å². The van der Waals surface area contributed by atoms with Crippen molar-refractivity contribution >= 4 is 49.8 Å². The highest BCUT2D eigenvalue weighted by Crippen LogP contribution is 2.26. The second kappa shape index (κ2) is 10.7.